The molecule has 0 bridgehead atoms. The average Bonchev–Trinajstić information content (AvgIpc) is 2.61. The van der Waals surface area contributed by atoms with E-state index >= 15 is 0 Å². The Hall–Kier alpha value is -1.38. The first kappa shape index (κ1) is 12.7. The van der Waals surface area contributed by atoms with Crippen molar-refractivity contribution in [2.24, 2.45) is 11.8 Å². The summed E-state index contributed by atoms with van der Waals surface area (Å²) in [6, 6.07) is 0. The zero-order valence-electron chi connectivity index (χ0n) is 9.81. The van der Waals surface area contributed by atoms with Crippen LogP contribution in [0.15, 0.2) is 24.3 Å². The minimum Gasteiger partial charge on any atom is -0.469 e. The van der Waals surface area contributed by atoms with E-state index in [0.717, 1.165) is 6.42 Å². The molecule has 1 aliphatic carbocycles. The van der Waals surface area contributed by atoms with Crippen molar-refractivity contribution in [1.29, 1.82) is 0 Å². The van der Waals surface area contributed by atoms with Crippen LogP contribution in [0.2, 0.25) is 0 Å². The summed E-state index contributed by atoms with van der Waals surface area (Å²) in [7, 11) is 1.37. The molecule has 0 aromatic carbocycles. The number of carbonyl (C=O) groups excluding carboxylic acids is 2. The van der Waals surface area contributed by atoms with E-state index in [0.29, 0.717) is 12.8 Å². The third-order valence-electron chi connectivity index (χ3n) is 2.81. The first-order valence-corrected chi connectivity index (χ1v) is 5.62. The van der Waals surface area contributed by atoms with Crippen LogP contribution in [0.1, 0.15) is 26.2 Å². The molecule has 0 aromatic heterocycles. The molecule has 0 spiro atoms. The number of carbonyl (C=O) groups is 2. The van der Waals surface area contributed by atoms with E-state index < -0.39 is 0 Å². The molecule has 2 atom stereocenters. The van der Waals surface area contributed by atoms with Gasteiger partial charge in [0.05, 0.1) is 13.5 Å². The monoisotopic (exact) mass is 222 g/mol. The van der Waals surface area contributed by atoms with Crippen molar-refractivity contribution >= 4 is 11.8 Å². The van der Waals surface area contributed by atoms with E-state index in [1.807, 2.05) is 18.2 Å². The van der Waals surface area contributed by atoms with Gasteiger partial charge >= 0.3 is 5.97 Å². The Morgan fingerprint density at radius 1 is 1.50 bits per heavy atom. The normalized spacial score (nSPS) is 24.2. The van der Waals surface area contributed by atoms with Crippen LogP contribution in [0.4, 0.5) is 0 Å². The minimum atomic E-state index is -0.256. The second-order valence-electron chi connectivity index (χ2n) is 3.93. The molecule has 3 heteroatoms. The molecule has 0 heterocycles. The predicted octanol–water partition coefficient (Wildman–Crippen LogP) is 2.28. The number of esters is 1. The zero-order valence-corrected chi connectivity index (χ0v) is 9.81. The summed E-state index contributed by atoms with van der Waals surface area (Å²) in [5.74, 6) is -0.216. The fourth-order valence-electron chi connectivity index (χ4n) is 1.87. The minimum absolute atomic E-state index is 0.00135. The van der Waals surface area contributed by atoms with Gasteiger partial charge in [-0.1, -0.05) is 25.2 Å². The molecule has 0 aromatic rings. The summed E-state index contributed by atoms with van der Waals surface area (Å²) in [5.41, 5.74) is 0. The number of hydrogen-bond acceptors (Lipinski definition) is 3. The Morgan fingerprint density at radius 3 is 2.88 bits per heavy atom. The lowest BCUT2D eigenvalue weighted by Gasteiger charge is -2.14. The van der Waals surface area contributed by atoms with Crippen LogP contribution in [0.3, 0.4) is 0 Å². The van der Waals surface area contributed by atoms with Crippen LogP contribution in [0.25, 0.3) is 0 Å². The molecule has 0 amide bonds. The van der Waals surface area contributed by atoms with E-state index in [1.165, 1.54) is 7.11 Å². The van der Waals surface area contributed by atoms with E-state index in [9.17, 15) is 9.59 Å². The van der Waals surface area contributed by atoms with Gasteiger partial charge in [0.15, 0.2) is 5.78 Å². The second-order valence-corrected chi connectivity index (χ2v) is 3.93. The largest absolute Gasteiger partial charge is 0.469 e. The molecule has 16 heavy (non-hydrogen) atoms. The number of rotatable bonds is 5. The number of ketones is 1. The lowest BCUT2D eigenvalue weighted by Crippen LogP contribution is -2.18. The summed E-state index contributed by atoms with van der Waals surface area (Å²) in [4.78, 5) is 22.7. The Labute approximate surface area is 96.2 Å². The molecule has 3 nitrogen and oxygen atoms in total. The Kier molecular flexibility index (Phi) is 4.96. The topological polar surface area (TPSA) is 43.4 Å². The fourth-order valence-corrected chi connectivity index (χ4v) is 1.87. The van der Waals surface area contributed by atoms with Crippen LogP contribution in [-0.4, -0.2) is 18.9 Å². The summed E-state index contributed by atoms with van der Waals surface area (Å²) in [6.45, 7) is 2.05. The van der Waals surface area contributed by atoms with E-state index in [1.54, 1.807) is 6.08 Å². The van der Waals surface area contributed by atoms with Gasteiger partial charge in [0.1, 0.15) is 0 Å². The first-order valence-electron chi connectivity index (χ1n) is 5.62. The van der Waals surface area contributed by atoms with Crippen molar-refractivity contribution in [2.75, 3.05) is 7.11 Å². The third-order valence-corrected chi connectivity index (χ3v) is 2.81. The highest BCUT2D eigenvalue weighted by Crippen LogP contribution is 2.28. The maximum absolute atomic E-state index is 11.6. The molecule has 0 N–H and O–H groups in total. The molecule has 1 rings (SSSR count). The van der Waals surface area contributed by atoms with Crippen molar-refractivity contribution in [3.8, 4) is 0 Å². The first-order chi connectivity index (χ1) is 7.69. The highest BCUT2D eigenvalue weighted by Gasteiger charge is 2.30. The SMILES string of the molecule is CCC=CC[C@H]1C(=O)C=C[C@@H]1CC(=O)OC. The number of allylic oxidation sites excluding steroid dienone is 4. The third kappa shape index (κ3) is 3.33. The van der Waals surface area contributed by atoms with Gasteiger partial charge in [-0.05, 0) is 24.8 Å². The molecule has 0 saturated heterocycles. The van der Waals surface area contributed by atoms with Gasteiger partial charge in [-0.3, -0.25) is 9.59 Å². The summed E-state index contributed by atoms with van der Waals surface area (Å²) >= 11 is 0. The maximum Gasteiger partial charge on any atom is 0.306 e. The number of ether oxygens (including phenoxy) is 1. The van der Waals surface area contributed by atoms with Crippen LogP contribution < -0.4 is 0 Å². The average molecular weight is 222 g/mol. The fraction of sp³-hybridized carbons (Fsp3) is 0.538. The van der Waals surface area contributed by atoms with Crippen LogP contribution >= 0.6 is 0 Å². The lowest BCUT2D eigenvalue weighted by atomic mass is 9.89. The van der Waals surface area contributed by atoms with Crippen LogP contribution in [-0.2, 0) is 14.3 Å². The maximum atomic E-state index is 11.6. The molecule has 0 fully saturated rings. The molecular formula is C13H18O3. The molecule has 0 aliphatic heterocycles. The standard InChI is InChI=1S/C13H18O3/c1-3-4-5-6-11-10(7-8-12(11)14)9-13(15)16-2/h4-5,7-8,10-11H,3,6,9H2,1-2H3/t10-,11-/m1/s1. The van der Waals surface area contributed by atoms with Crippen molar-refractivity contribution in [3.63, 3.8) is 0 Å². The molecule has 0 unspecified atom stereocenters. The summed E-state index contributed by atoms with van der Waals surface area (Å²) < 4.78 is 4.62. The quantitative estimate of drug-likeness (QED) is 0.529. The number of methoxy groups -OCH3 is 1. The lowest BCUT2D eigenvalue weighted by molar-refractivity contribution is -0.141. The number of hydrogen-bond donors (Lipinski definition) is 0. The van der Waals surface area contributed by atoms with Gasteiger partial charge in [-0.2, -0.15) is 0 Å². The Bertz CT molecular complexity index is 315. The van der Waals surface area contributed by atoms with Crippen LogP contribution in [0.5, 0.6) is 0 Å². The van der Waals surface area contributed by atoms with Gasteiger partial charge in [0, 0.05) is 5.92 Å². The van der Waals surface area contributed by atoms with E-state index in [2.05, 4.69) is 11.7 Å². The molecular weight excluding hydrogens is 204 g/mol. The Balaban J connectivity index is 2.55. The van der Waals surface area contributed by atoms with Crippen molar-refractivity contribution in [1.82, 2.24) is 0 Å². The Morgan fingerprint density at radius 2 is 2.25 bits per heavy atom. The van der Waals surface area contributed by atoms with Gasteiger partial charge in [-0.25, -0.2) is 0 Å². The van der Waals surface area contributed by atoms with Crippen LogP contribution in [0, 0.1) is 11.8 Å². The van der Waals surface area contributed by atoms with Gasteiger partial charge in [-0.15, -0.1) is 0 Å². The molecule has 1 aliphatic rings. The highest BCUT2D eigenvalue weighted by atomic mass is 16.5. The van der Waals surface area contributed by atoms with Gasteiger partial charge in [0.25, 0.3) is 0 Å². The van der Waals surface area contributed by atoms with E-state index in [-0.39, 0.29) is 23.6 Å². The second kappa shape index (κ2) is 6.26. The molecule has 0 saturated carbocycles. The van der Waals surface area contributed by atoms with Gasteiger partial charge < -0.3 is 4.74 Å². The summed E-state index contributed by atoms with van der Waals surface area (Å²) in [6.07, 6.45) is 9.43. The zero-order chi connectivity index (χ0) is 12.0. The predicted molar refractivity (Wildman–Crippen MR) is 61.8 cm³/mol. The highest BCUT2D eigenvalue weighted by molar-refractivity contribution is 5.95. The van der Waals surface area contributed by atoms with Crippen molar-refractivity contribution in [3.05, 3.63) is 24.3 Å². The summed E-state index contributed by atoms with van der Waals surface area (Å²) in [5, 5.41) is 0. The van der Waals surface area contributed by atoms with Gasteiger partial charge in [0.2, 0.25) is 0 Å². The smallest absolute Gasteiger partial charge is 0.306 e. The molecule has 88 valence electrons. The van der Waals surface area contributed by atoms with Crippen molar-refractivity contribution < 1.29 is 14.3 Å². The van der Waals surface area contributed by atoms with Crippen molar-refractivity contribution in [2.45, 2.75) is 26.2 Å². The van der Waals surface area contributed by atoms with E-state index in [4.69, 9.17) is 0 Å². The molecule has 0 radical (unpaired) electrons.